The Balaban J connectivity index is 2.10. The van der Waals surface area contributed by atoms with E-state index in [0.29, 0.717) is 24.3 Å². The lowest BCUT2D eigenvalue weighted by Crippen LogP contribution is -2.46. The van der Waals surface area contributed by atoms with Crippen molar-refractivity contribution in [3.8, 4) is 11.6 Å². The quantitative estimate of drug-likeness (QED) is 0.382. The first-order valence-electron chi connectivity index (χ1n) is 11.5. The Bertz CT molecular complexity index is 1460. The molecule has 3 aromatic rings. The zero-order valence-corrected chi connectivity index (χ0v) is 20.5. The van der Waals surface area contributed by atoms with Crippen molar-refractivity contribution in [2.45, 2.75) is 19.9 Å². The summed E-state index contributed by atoms with van der Waals surface area (Å²) in [5.74, 6) is -0.0666. The summed E-state index contributed by atoms with van der Waals surface area (Å²) in [5.41, 5.74) is -0.685. The van der Waals surface area contributed by atoms with Crippen LogP contribution in [0.2, 0.25) is 0 Å². The van der Waals surface area contributed by atoms with Crippen molar-refractivity contribution in [1.82, 2.24) is 14.0 Å². The molecular formula is C25H27N5O6. The normalized spacial score (nSPS) is 14.6. The van der Waals surface area contributed by atoms with Gasteiger partial charge in [-0.15, -0.1) is 0 Å². The molecule has 1 aliphatic rings. The lowest BCUT2D eigenvalue weighted by molar-refractivity contribution is -0.384. The van der Waals surface area contributed by atoms with E-state index >= 15 is 0 Å². The molecule has 2 aromatic carbocycles. The molecule has 0 fully saturated rings. The highest BCUT2D eigenvalue weighted by molar-refractivity contribution is 5.98. The van der Waals surface area contributed by atoms with Gasteiger partial charge in [0.2, 0.25) is 11.8 Å². The van der Waals surface area contributed by atoms with Gasteiger partial charge < -0.3 is 4.74 Å². The Morgan fingerprint density at radius 2 is 1.75 bits per heavy atom. The fourth-order valence-corrected chi connectivity index (χ4v) is 4.44. The van der Waals surface area contributed by atoms with E-state index in [-0.39, 0.29) is 35.3 Å². The van der Waals surface area contributed by atoms with E-state index in [0.717, 1.165) is 4.57 Å². The molecule has 0 aliphatic carbocycles. The smallest absolute Gasteiger partial charge is 0.333 e. The van der Waals surface area contributed by atoms with Gasteiger partial charge in [0.15, 0.2) is 5.75 Å². The Morgan fingerprint density at radius 1 is 1.06 bits per heavy atom. The molecule has 0 N–H and O–H groups in total. The highest BCUT2D eigenvalue weighted by atomic mass is 16.6. The molecular weight excluding hydrogens is 466 g/mol. The molecule has 0 bridgehead atoms. The number of carbonyl (C=O) groups is 1. The van der Waals surface area contributed by atoms with Gasteiger partial charge >= 0.3 is 5.69 Å². The fraction of sp³-hybridized carbons (Fsp3) is 0.320. The second kappa shape index (κ2) is 9.78. The van der Waals surface area contributed by atoms with E-state index < -0.39 is 22.2 Å². The zero-order chi connectivity index (χ0) is 26.1. The average molecular weight is 494 g/mol. The van der Waals surface area contributed by atoms with Gasteiger partial charge in [-0.2, -0.15) is 0 Å². The van der Waals surface area contributed by atoms with Crippen molar-refractivity contribution in [3.63, 3.8) is 0 Å². The van der Waals surface area contributed by atoms with Gasteiger partial charge in [0.05, 0.1) is 23.2 Å². The third-order valence-corrected chi connectivity index (χ3v) is 6.43. The summed E-state index contributed by atoms with van der Waals surface area (Å²) in [5, 5.41) is 11.6. The molecule has 0 spiro atoms. The van der Waals surface area contributed by atoms with Crippen LogP contribution in [0, 0.1) is 10.1 Å². The van der Waals surface area contributed by atoms with Crippen LogP contribution in [0.5, 0.6) is 11.6 Å². The van der Waals surface area contributed by atoms with Crippen LogP contribution in [0.25, 0.3) is 0 Å². The monoisotopic (exact) mass is 493 g/mol. The third-order valence-electron chi connectivity index (χ3n) is 6.43. The number of nitro benzene ring substituents is 1. The Hall–Kier alpha value is -4.25. The van der Waals surface area contributed by atoms with Gasteiger partial charge in [-0.1, -0.05) is 38.1 Å². The summed E-state index contributed by atoms with van der Waals surface area (Å²) < 4.78 is 8.27. The number of ether oxygens (including phenoxy) is 1. The van der Waals surface area contributed by atoms with Crippen LogP contribution in [0.1, 0.15) is 31.0 Å². The van der Waals surface area contributed by atoms with Crippen LogP contribution in [0.4, 0.5) is 11.4 Å². The van der Waals surface area contributed by atoms with Crippen molar-refractivity contribution in [1.29, 1.82) is 0 Å². The number of aromatic nitrogens is 2. The molecule has 1 atom stereocenters. The molecule has 188 valence electrons. The van der Waals surface area contributed by atoms with Gasteiger partial charge in [-0.05, 0) is 30.8 Å². The molecule has 0 saturated carbocycles. The molecule has 0 unspecified atom stereocenters. The van der Waals surface area contributed by atoms with Crippen molar-refractivity contribution in [2.75, 3.05) is 24.5 Å². The predicted molar refractivity (Wildman–Crippen MR) is 134 cm³/mol. The number of hydrogen-bond donors (Lipinski definition) is 0. The highest BCUT2D eigenvalue weighted by Gasteiger charge is 2.39. The van der Waals surface area contributed by atoms with E-state index in [1.165, 1.54) is 41.8 Å². The molecule has 1 aromatic heterocycles. The topological polar surface area (TPSA) is 120 Å². The van der Waals surface area contributed by atoms with Gasteiger partial charge in [0.25, 0.3) is 11.2 Å². The Labute approximate surface area is 206 Å². The van der Waals surface area contributed by atoms with E-state index in [1.54, 1.807) is 30.3 Å². The van der Waals surface area contributed by atoms with Crippen LogP contribution in [-0.2, 0) is 18.9 Å². The van der Waals surface area contributed by atoms with E-state index in [4.69, 9.17) is 4.74 Å². The molecule has 4 rings (SSSR count). The largest absolute Gasteiger partial charge is 0.438 e. The van der Waals surface area contributed by atoms with Gasteiger partial charge in [-0.3, -0.25) is 38.6 Å². The molecule has 2 heterocycles. The molecule has 0 saturated heterocycles. The summed E-state index contributed by atoms with van der Waals surface area (Å²) in [7, 11) is 2.82. The second-order valence-corrected chi connectivity index (χ2v) is 8.47. The van der Waals surface area contributed by atoms with Crippen molar-refractivity contribution >= 4 is 17.3 Å². The Morgan fingerprint density at radius 3 is 2.42 bits per heavy atom. The first-order chi connectivity index (χ1) is 17.2. The van der Waals surface area contributed by atoms with Gasteiger partial charge in [0, 0.05) is 26.2 Å². The molecule has 11 heteroatoms. The number of nitro groups is 1. The number of non-ortho nitro benzene ring substituents is 1. The number of fused-ring (bicyclic) bond motifs is 2. The summed E-state index contributed by atoms with van der Waals surface area (Å²) in [6.07, 6.45) is 0. The van der Waals surface area contributed by atoms with Gasteiger partial charge in [-0.25, -0.2) is 4.79 Å². The number of likely N-dealkylation sites (N-methyl/N-ethyl adjacent to an activating group) is 1. The van der Waals surface area contributed by atoms with Crippen LogP contribution in [0.3, 0.4) is 0 Å². The molecule has 36 heavy (non-hydrogen) atoms. The average Bonchev–Trinajstić information content (AvgIpc) is 3.04. The fourth-order valence-electron chi connectivity index (χ4n) is 4.44. The summed E-state index contributed by atoms with van der Waals surface area (Å²) >= 11 is 0. The highest BCUT2D eigenvalue weighted by Crippen LogP contribution is 2.45. The number of para-hydroxylation sites is 2. The lowest BCUT2D eigenvalue weighted by Gasteiger charge is -2.32. The Kier molecular flexibility index (Phi) is 6.75. The van der Waals surface area contributed by atoms with Crippen LogP contribution < -0.4 is 20.9 Å². The zero-order valence-electron chi connectivity index (χ0n) is 20.5. The molecule has 1 aliphatic heterocycles. The number of rotatable bonds is 6. The number of amides is 1. The van der Waals surface area contributed by atoms with Crippen molar-refractivity contribution in [3.05, 3.63) is 90.6 Å². The van der Waals surface area contributed by atoms with Gasteiger partial charge in [0.1, 0.15) is 5.56 Å². The van der Waals surface area contributed by atoms with Crippen LogP contribution in [-0.4, -0.2) is 44.5 Å². The lowest BCUT2D eigenvalue weighted by atomic mass is 9.97. The maximum Gasteiger partial charge on any atom is 0.333 e. The summed E-state index contributed by atoms with van der Waals surface area (Å²) in [6.45, 7) is 5.18. The van der Waals surface area contributed by atoms with E-state index in [2.05, 4.69) is 0 Å². The van der Waals surface area contributed by atoms with Crippen LogP contribution in [0.15, 0.2) is 58.1 Å². The van der Waals surface area contributed by atoms with E-state index in [1.807, 2.05) is 18.7 Å². The van der Waals surface area contributed by atoms with Crippen molar-refractivity contribution < 1.29 is 14.5 Å². The minimum Gasteiger partial charge on any atom is -0.438 e. The number of benzene rings is 2. The molecule has 1 amide bonds. The SMILES string of the molecule is CCN(CC)CC(=O)N1c2ccccc2Oc2c(c(=O)n(C)c(=O)n2C)[C@@H]1c1cccc([N+](=O)[O-])c1. The summed E-state index contributed by atoms with van der Waals surface area (Å²) in [4.78, 5) is 54.7. The minimum absolute atomic E-state index is 0.0230. The maximum atomic E-state index is 13.9. The summed E-state index contributed by atoms with van der Waals surface area (Å²) in [6, 6.07) is 11.5. The number of carbonyl (C=O) groups excluding carboxylic acids is 1. The maximum absolute atomic E-state index is 13.9. The van der Waals surface area contributed by atoms with Crippen molar-refractivity contribution in [2.24, 2.45) is 14.1 Å². The number of hydrogen-bond acceptors (Lipinski definition) is 7. The number of anilines is 1. The molecule has 0 radical (unpaired) electrons. The first-order valence-corrected chi connectivity index (χ1v) is 11.5. The minimum atomic E-state index is -1.09. The molecule has 11 nitrogen and oxygen atoms in total. The van der Waals surface area contributed by atoms with E-state index in [9.17, 15) is 24.5 Å². The number of nitrogens with zero attached hydrogens (tertiary/aromatic N) is 5. The van der Waals surface area contributed by atoms with Crippen LogP contribution >= 0.6 is 0 Å². The third kappa shape index (κ3) is 4.17. The first kappa shape index (κ1) is 24.9. The predicted octanol–water partition coefficient (Wildman–Crippen LogP) is 2.56. The second-order valence-electron chi connectivity index (χ2n) is 8.47. The standard InChI is InChI=1S/C25H27N5O6/c1-5-28(6-2)15-20(31)29-18-12-7-8-13-19(18)36-24-21(23(32)26(3)25(33)27(24)4)22(29)16-10-9-11-17(14-16)30(34)35/h7-14,22H,5-6,15H2,1-4H3/t22-/m0/s1.